The molecule has 0 aliphatic rings. The quantitative estimate of drug-likeness (QED) is 0.516. The minimum absolute atomic E-state index is 0.0808. The number of amides is 1. The minimum Gasteiger partial charge on any atom is -0.384 e. The molecule has 2 N–H and O–H groups in total. The van der Waals surface area contributed by atoms with Crippen LogP contribution in [-0.2, 0) is 0 Å². The second-order valence-corrected chi connectivity index (χ2v) is 4.95. The molecule has 0 bridgehead atoms. The summed E-state index contributed by atoms with van der Waals surface area (Å²) in [6.45, 7) is -0.241. The second-order valence-electron chi connectivity index (χ2n) is 3.89. The van der Waals surface area contributed by atoms with Gasteiger partial charge in [-0.1, -0.05) is 29.2 Å². The van der Waals surface area contributed by atoms with Crippen LogP contribution in [0.5, 0.6) is 0 Å². The lowest BCUT2D eigenvalue weighted by Crippen LogP contribution is -2.10. The van der Waals surface area contributed by atoms with E-state index < -0.39 is 10.8 Å². The highest BCUT2D eigenvalue weighted by atomic mass is 32.1. The highest BCUT2D eigenvalue weighted by Crippen LogP contribution is 2.24. The molecule has 0 atom stereocenters. The molecule has 0 aliphatic heterocycles. The predicted molar refractivity (Wildman–Crippen MR) is 79.3 cm³/mol. The predicted octanol–water partition coefficient (Wildman–Crippen LogP) is 2.25. The van der Waals surface area contributed by atoms with Gasteiger partial charge in [-0.2, -0.15) is 0 Å². The van der Waals surface area contributed by atoms with Crippen molar-refractivity contribution in [2.45, 2.75) is 0 Å². The number of nitrogens with one attached hydrogen (secondary N) is 1. The number of aliphatic hydroxyl groups excluding tert-OH is 1. The van der Waals surface area contributed by atoms with Gasteiger partial charge in [0, 0.05) is 17.3 Å². The SMILES string of the molecule is O=C(Nc1cccc(C#CCO)c1)c1ccc([N+](=O)[O-])s1. The third-order valence-electron chi connectivity index (χ3n) is 2.43. The Hall–Kier alpha value is -2.69. The number of carbonyl (C=O) groups is 1. The first kappa shape index (κ1) is 14.7. The van der Waals surface area contributed by atoms with E-state index in [1.165, 1.54) is 12.1 Å². The van der Waals surface area contributed by atoms with Crippen LogP contribution in [0, 0.1) is 22.0 Å². The van der Waals surface area contributed by atoms with E-state index in [1.807, 2.05) is 0 Å². The smallest absolute Gasteiger partial charge is 0.324 e. The summed E-state index contributed by atoms with van der Waals surface area (Å²) < 4.78 is 0. The maximum atomic E-state index is 12.0. The number of hydrogen-bond donors (Lipinski definition) is 2. The van der Waals surface area contributed by atoms with Crippen molar-refractivity contribution < 1.29 is 14.8 Å². The van der Waals surface area contributed by atoms with Crippen molar-refractivity contribution in [3.05, 3.63) is 57.0 Å². The van der Waals surface area contributed by atoms with Gasteiger partial charge in [-0.15, -0.1) is 0 Å². The molecule has 106 valence electrons. The number of nitrogens with zero attached hydrogens (tertiary/aromatic N) is 1. The van der Waals surface area contributed by atoms with Crippen LogP contribution in [0.4, 0.5) is 10.7 Å². The number of anilines is 1. The number of nitro groups is 1. The van der Waals surface area contributed by atoms with Crippen LogP contribution in [0.2, 0.25) is 0 Å². The van der Waals surface area contributed by atoms with Crippen molar-refractivity contribution in [1.29, 1.82) is 0 Å². The molecule has 0 saturated heterocycles. The lowest BCUT2D eigenvalue weighted by atomic mass is 10.2. The summed E-state index contributed by atoms with van der Waals surface area (Å²) in [6.07, 6.45) is 0. The lowest BCUT2D eigenvalue weighted by molar-refractivity contribution is -0.380. The number of thiophene rings is 1. The normalized spacial score (nSPS) is 9.57. The van der Waals surface area contributed by atoms with E-state index >= 15 is 0 Å². The molecular weight excluding hydrogens is 292 g/mol. The Balaban J connectivity index is 2.13. The third-order valence-corrected chi connectivity index (χ3v) is 3.46. The molecule has 0 spiro atoms. The Morgan fingerprint density at radius 3 is 2.86 bits per heavy atom. The van der Waals surface area contributed by atoms with Gasteiger partial charge < -0.3 is 10.4 Å². The molecule has 1 aromatic heterocycles. The molecular formula is C14H10N2O4S. The zero-order valence-electron chi connectivity index (χ0n) is 10.7. The second kappa shape index (κ2) is 6.65. The van der Waals surface area contributed by atoms with E-state index in [-0.39, 0.29) is 16.5 Å². The number of hydrogen-bond acceptors (Lipinski definition) is 5. The van der Waals surface area contributed by atoms with Gasteiger partial charge in [-0.3, -0.25) is 14.9 Å². The first-order chi connectivity index (χ1) is 10.1. The first-order valence-electron chi connectivity index (χ1n) is 5.85. The van der Waals surface area contributed by atoms with Crippen molar-refractivity contribution >= 4 is 27.9 Å². The molecule has 0 radical (unpaired) electrons. The Morgan fingerprint density at radius 2 is 2.19 bits per heavy atom. The molecule has 0 unspecified atom stereocenters. The fraction of sp³-hybridized carbons (Fsp3) is 0.0714. The van der Waals surface area contributed by atoms with Crippen LogP contribution < -0.4 is 5.32 Å². The summed E-state index contributed by atoms with van der Waals surface area (Å²) >= 11 is 0.814. The summed E-state index contributed by atoms with van der Waals surface area (Å²) in [5.74, 6) is 4.82. The summed E-state index contributed by atoms with van der Waals surface area (Å²) in [6, 6.07) is 9.51. The molecule has 0 fully saturated rings. The van der Waals surface area contributed by atoms with Gasteiger partial charge in [0.1, 0.15) is 6.61 Å². The standard InChI is InChI=1S/C14H10N2O4S/c17-8-2-4-10-3-1-5-11(9-10)15-14(18)12-6-7-13(21-12)16(19)20/h1,3,5-7,9,17H,8H2,(H,15,18). The number of aliphatic hydroxyl groups is 1. The average Bonchev–Trinajstić information content (AvgIpc) is 2.95. The van der Waals surface area contributed by atoms with Gasteiger partial charge in [0.2, 0.25) is 0 Å². The third kappa shape index (κ3) is 3.89. The van der Waals surface area contributed by atoms with Gasteiger partial charge in [0.25, 0.3) is 5.91 Å². The highest BCUT2D eigenvalue weighted by molar-refractivity contribution is 7.17. The van der Waals surface area contributed by atoms with Crippen LogP contribution in [0.25, 0.3) is 0 Å². The Bertz CT molecular complexity index is 743. The molecule has 0 saturated carbocycles. The van der Waals surface area contributed by atoms with Crippen molar-refractivity contribution in [3.63, 3.8) is 0 Å². The number of rotatable bonds is 3. The number of carbonyl (C=O) groups excluding carboxylic acids is 1. The largest absolute Gasteiger partial charge is 0.384 e. The molecule has 7 heteroatoms. The molecule has 0 aliphatic carbocycles. The zero-order chi connectivity index (χ0) is 15.2. The molecule has 21 heavy (non-hydrogen) atoms. The van der Waals surface area contributed by atoms with Gasteiger partial charge >= 0.3 is 5.00 Å². The van der Waals surface area contributed by atoms with Crippen molar-refractivity contribution in [1.82, 2.24) is 0 Å². The maximum Gasteiger partial charge on any atom is 0.324 e. The van der Waals surface area contributed by atoms with E-state index in [9.17, 15) is 14.9 Å². The first-order valence-corrected chi connectivity index (χ1v) is 6.67. The maximum absolute atomic E-state index is 12.0. The van der Waals surface area contributed by atoms with Gasteiger partial charge in [-0.25, -0.2) is 0 Å². The summed E-state index contributed by atoms with van der Waals surface area (Å²) in [7, 11) is 0. The van der Waals surface area contributed by atoms with E-state index in [4.69, 9.17) is 5.11 Å². The van der Waals surface area contributed by atoms with E-state index in [0.717, 1.165) is 11.3 Å². The van der Waals surface area contributed by atoms with E-state index in [2.05, 4.69) is 17.2 Å². The Labute approximate surface area is 124 Å². The van der Waals surface area contributed by atoms with Crippen molar-refractivity contribution in [2.24, 2.45) is 0 Å². The van der Waals surface area contributed by atoms with Crippen LogP contribution in [0.15, 0.2) is 36.4 Å². The molecule has 1 amide bonds. The monoisotopic (exact) mass is 302 g/mol. The van der Waals surface area contributed by atoms with Crippen molar-refractivity contribution in [2.75, 3.05) is 11.9 Å². The van der Waals surface area contributed by atoms with E-state index in [0.29, 0.717) is 11.3 Å². The molecule has 2 aromatic rings. The molecule has 6 nitrogen and oxygen atoms in total. The van der Waals surface area contributed by atoms with Crippen molar-refractivity contribution in [3.8, 4) is 11.8 Å². The molecule has 1 aromatic carbocycles. The number of benzene rings is 1. The fourth-order valence-electron chi connectivity index (χ4n) is 1.56. The van der Waals surface area contributed by atoms with Crippen LogP contribution in [0.1, 0.15) is 15.2 Å². The van der Waals surface area contributed by atoms with Gasteiger partial charge in [0.15, 0.2) is 0 Å². The summed E-state index contributed by atoms with van der Waals surface area (Å²) in [5.41, 5.74) is 1.18. The Kier molecular flexibility index (Phi) is 4.66. The summed E-state index contributed by atoms with van der Waals surface area (Å²) in [5, 5.41) is 21.8. The lowest BCUT2D eigenvalue weighted by Gasteiger charge is -2.03. The minimum atomic E-state index is -0.535. The van der Waals surface area contributed by atoms with Crippen LogP contribution in [-0.4, -0.2) is 22.5 Å². The van der Waals surface area contributed by atoms with Gasteiger partial charge in [-0.05, 0) is 24.3 Å². The highest BCUT2D eigenvalue weighted by Gasteiger charge is 2.15. The molecule has 1 heterocycles. The van der Waals surface area contributed by atoms with Crippen LogP contribution >= 0.6 is 11.3 Å². The fourth-order valence-corrected chi connectivity index (χ4v) is 2.27. The zero-order valence-corrected chi connectivity index (χ0v) is 11.5. The van der Waals surface area contributed by atoms with E-state index in [1.54, 1.807) is 24.3 Å². The summed E-state index contributed by atoms with van der Waals surface area (Å²) in [4.78, 5) is 22.3. The topological polar surface area (TPSA) is 92.5 Å². The average molecular weight is 302 g/mol. The molecule has 2 rings (SSSR count). The van der Waals surface area contributed by atoms with Gasteiger partial charge in [0.05, 0.1) is 9.80 Å². The Morgan fingerprint density at radius 1 is 1.38 bits per heavy atom. The van der Waals surface area contributed by atoms with Crippen LogP contribution in [0.3, 0.4) is 0 Å².